The van der Waals surface area contributed by atoms with Crippen LogP contribution in [0.5, 0.6) is 0 Å². The molecule has 0 rings (SSSR count). The summed E-state index contributed by atoms with van der Waals surface area (Å²) in [7, 11) is 2.73. The monoisotopic (exact) mass is 416 g/mol. The molecule has 0 saturated carbocycles. The predicted octanol–water partition coefficient (Wildman–Crippen LogP) is 8.15. The molecule has 0 atom stereocenters. The summed E-state index contributed by atoms with van der Waals surface area (Å²) in [5.74, 6) is 0. The molecular weight excluding hydrogens is 364 g/mol. The third-order valence-electron chi connectivity index (χ3n) is 6.23. The molecule has 0 aliphatic rings. The lowest BCUT2D eigenvalue weighted by Gasteiger charge is -2.28. The van der Waals surface area contributed by atoms with Gasteiger partial charge in [-0.05, 0) is 24.7 Å². The van der Waals surface area contributed by atoms with Gasteiger partial charge in [-0.1, -0.05) is 104 Å². The minimum Gasteiger partial charge on any atom is -0.377 e. The van der Waals surface area contributed by atoms with Crippen LogP contribution in [-0.2, 0) is 13.3 Å². The summed E-state index contributed by atoms with van der Waals surface area (Å²) in [6.07, 6.45) is 22.2. The third-order valence-corrected chi connectivity index (χ3v) is 9.06. The van der Waals surface area contributed by atoms with Gasteiger partial charge >= 0.3 is 8.80 Å². The Hall–Kier alpha value is 0.0969. The van der Waals surface area contributed by atoms with E-state index in [9.17, 15) is 0 Å². The predicted molar refractivity (Wildman–Crippen MR) is 125 cm³/mol. The maximum Gasteiger partial charge on any atom is 0.500 e. The zero-order valence-corrected chi connectivity index (χ0v) is 21.2. The van der Waals surface area contributed by atoms with Crippen LogP contribution in [0.4, 0.5) is 0 Å². The molecular formula is C24H52O3Si. The Morgan fingerprint density at radius 1 is 0.536 bits per heavy atom. The summed E-state index contributed by atoms with van der Waals surface area (Å²) < 4.78 is 16.6. The van der Waals surface area contributed by atoms with Gasteiger partial charge in [-0.2, -0.15) is 0 Å². The average Bonchev–Trinajstić information content (AvgIpc) is 2.69. The van der Waals surface area contributed by atoms with Crippen LogP contribution in [0.25, 0.3) is 0 Å². The van der Waals surface area contributed by atoms with Crippen molar-refractivity contribution in [2.45, 2.75) is 130 Å². The molecule has 28 heavy (non-hydrogen) atoms. The molecule has 0 aliphatic carbocycles. The maximum absolute atomic E-state index is 5.53. The van der Waals surface area contributed by atoms with Gasteiger partial charge in [-0.25, -0.2) is 0 Å². The highest BCUT2D eigenvalue weighted by Gasteiger charge is 2.37. The van der Waals surface area contributed by atoms with Crippen molar-refractivity contribution < 1.29 is 13.3 Å². The molecule has 0 amide bonds. The minimum absolute atomic E-state index is 0.410. The molecule has 0 aliphatic heterocycles. The standard InChI is InChI=1S/C24H52O3Si/c1-7-8-9-10-11-12-13-14-15-16-17-18-19-21-24(2,3)22-20-23-28(25-4,26-5)27-6/h7-23H2,1-6H3. The van der Waals surface area contributed by atoms with Gasteiger partial charge in [0.2, 0.25) is 0 Å². The Balaban J connectivity index is 3.56. The normalized spacial score (nSPS) is 12.6. The SMILES string of the molecule is CCCCCCCCCCCCCCCC(C)(C)CCC[Si](OC)(OC)OC. The van der Waals surface area contributed by atoms with E-state index < -0.39 is 8.80 Å². The van der Waals surface area contributed by atoms with Crippen molar-refractivity contribution in [3.63, 3.8) is 0 Å². The van der Waals surface area contributed by atoms with Crippen LogP contribution in [0.2, 0.25) is 6.04 Å². The zero-order chi connectivity index (χ0) is 21.1. The zero-order valence-electron chi connectivity index (χ0n) is 20.2. The van der Waals surface area contributed by atoms with Crippen LogP contribution in [0, 0.1) is 5.41 Å². The van der Waals surface area contributed by atoms with Crippen LogP contribution >= 0.6 is 0 Å². The van der Waals surface area contributed by atoms with Crippen molar-refractivity contribution in [2.75, 3.05) is 21.3 Å². The molecule has 170 valence electrons. The van der Waals surface area contributed by atoms with E-state index in [0.717, 1.165) is 12.5 Å². The highest BCUT2D eigenvalue weighted by Crippen LogP contribution is 2.31. The highest BCUT2D eigenvalue weighted by atomic mass is 28.4. The summed E-state index contributed by atoms with van der Waals surface area (Å²) in [4.78, 5) is 0. The second-order valence-corrected chi connectivity index (χ2v) is 12.4. The van der Waals surface area contributed by atoms with Crippen molar-refractivity contribution in [2.24, 2.45) is 5.41 Å². The van der Waals surface area contributed by atoms with E-state index in [-0.39, 0.29) is 0 Å². The molecule has 0 aromatic heterocycles. The quantitative estimate of drug-likeness (QED) is 0.139. The first kappa shape index (κ1) is 28.1. The third kappa shape index (κ3) is 15.0. The molecule has 0 spiro atoms. The summed E-state index contributed by atoms with van der Waals surface area (Å²) in [5, 5.41) is 0. The van der Waals surface area contributed by atoms with E-state index in [1.165, 1.54) is 96.3 Å². The van der Waals surface area contributed by atoms with Crippen molar-refractivity contribution in [3.05, 3.63) is 0 Å². The van der Waals surface area contributed by atoms with Crippen LogP contribution < -0.4 is 0 Å². The first-order chi connectivity index (χ1) is 13.4. The van der Waals surface area contributed by atoms with E-state index >= 15 is 0 Å². The van der Waals surface area contributed by atoms with E-state index in [4.69, 9.17) is 13.3 Å². The van der Waals surface area contributed by atoms with Gasteiger partial charge < -0.3 is 13.3 Å². The number of unbranched alkanes of at least 4 members (excludes halogenated alkanes) is 12. The largest absolute Gasteiger partial charge is 0.500 e. The fraction of sp³-hybridized carbons (Fsp3) is 1.00. The van der Waals surface area contributed by atoms with Crippen molar-refractivity contribution in [1.29, 1.82) is 0 Å². The molecule has 0 heterocycles. The Bertz CT molecular complexity index is 322. The second-order valence-electron chi connectivity index (χ2n) is 9.31. The van der Waals surface area contributed by atoms with Gasteiger partial charge in [-0.15, -0.1) is 0 Å². The van der Waals surface area contributed by atoms with Crippen LogP contribution in [-0.4, -0.2) is 30.1 Å². The molecule has 0 aromatic carbocycles. The second kappa shape index (κ2) is 17.9. The minimum atomic E-state index is -2.39. The summed E-state index contributed by atoms with van der Waals surface area (Å²) >= 11 is 0. The average molecular weight is 417 g/mol. The van der Waals surface area contributed by atoms with E-state index in [0.29, 0.717) is 5.41 Å². The molecule has 0 saturated heterocycles. The number of hydrogen-bond acceptors (Lipinski definition) is 3. The van der Waals surface area contributed by atoms with Crippen molar-refractivity contribution in [3.8, 4) is 0 Å². The Morgan fingerprint density at radius 2 is 0.893 bits per heavy atom. The molecule has 4 heteroatoms. The fourth-order valence-corrected chi connectivity index (χ4v) is 5.81. The first-order valence-corrected chi connectivity index (χ1v) is 14.0. The Labute approximate surface area is 178 Å². The molecule has 3 nitrogen and oxygen atoms in total. The molecule has 0 N–H and O–H groups in total. The Kier molecular flexibility index (Phi) is 18.0. The lowest BCUT2D eigenvalue weighted by Crippen LogP contribution is -2.42. The number of hydrogen-bond donors (Lipinski definition) is 0. The van der Waals surface area contributed by atoms with Crippen molar-refractivity contribution in [1.82, 2.24) is 0 Å². The smallest absolute Gasteiger partial charge is 0.377 e. The molecule has 0 radical (unpaired) electrons. The highest BCUT2D eigenvalue weighted by molar-refractivity contribution is 6.60. The van der Waals surface area contributed by atoms with Crippen LogP contribution in [0.15, 0.2) is 0 Å². The lowest BCUT2D eigenvalue weighted by molar-refractivity contribution is 0.121. The van der Waals surface area contributed by atoms with Crippen LogP contribution in [0.3, 0.4) is 0 Å². The maximum atomic E-state index is 5.53. The van der Waals surface area contributed by atoms with E-state index in [1.54, 1.807) is 21.3 Å². The van der Waals surface area contributed by atoms with Gasteiger partial charge in [0.1, 0.15) is 0 Å². The van der Waals surface area contributed by atoms with Gasteiger partial charge in [-0.3, -0.25) is 0 Å². The van der Waals surface area contributed by atoms with Crippen molar-refractivity contribution >= 4 is 8.80 Å². The van der Waals surface area contributed by atoms with Gasteiger partial charge in [0.15, 0.2) is 0 Å². The van der Waals surface area contributed by atoms with Crippen LogP contribution in [0.1, 0.15) is 124 Å². The first-order valence-electron chi connectivity index (χ1n) is 12.1. The molecule has 0 fully saturated rings. The Morgan fingerprint density at radius 3 is 1.29 bits per heavy atom. The van der Waals surface area contributed by atoms with Gasteiger partial charge in [0, 0.05) is 27.4 Å². The molecule has 0 aromatic rings. The van der Waals surface area contributed by atoms with Gasteiger partial charge in [0.25, 0.3) is 0 Å². The summed E-state index contributed by atoms with van der Waals surface area (Å²) in [5.41, 5.74) is 0.410. The van der Waals surface area contributed by atoms with E-state index in [1.807, 2.05) is 0 Å². The van der Waals surface area contributed by atoms with E-state index in [2.05, 4.69) is 20.8 Å². The number of rotatable bonds is 21. The topological polar surface area (TPSA) is 27.7 Å². The fourth-order valence-electron chi connectivity index (χ4n) is 4.09. The molecule has 0 bridgehead atoms. The van der Waals surface area contributed by atoms with Gasteiger partial charge in [0.05, 0.1) is 0 Å². The summed E-state index contributed by atoms with van der Waals surface area (Å²) in [6, 6.07) is 0.915. The molecule has 0 unspecified atom stereocenters. The lowest BCUT2D eigenvalue weighted by atomic mass is 9.82. The summed E-state index contributed by atoms with van der Waals surface area (Å²) in [6.45, 7) is 7.10.